The Bertz CT molecular complexity index is 1620. The molecular weight excluding hydrogens is 574 g/mol. The molecule has 3 aliphatic heterocycles. The van der Waals surface area contributed by atoms with Crippen LogP contribution in [-0.2, 0) is 16.1 Å². The smallest absolute Gasteiger partial charge is 0.267 e. The standard InChI is InChI=1S/C30H33N5O5S2/c1-3-38-15-5-10-35-29(37)25(42-30(35)41)17-22-27(31-26-20(2)6-4-9-34(26)28(22)36)33-13-11-32(12-14-33)18-21-7-8-23-24(16-21)40-19-39-23/h4,6-9,16-17H,3,5,10-15,18-19H2,1-2H3. The Hall–Kier alpha value is -3.45. The van der Waals surface area contributed by atoms with Crippen molar-refractivity contribution in [3.63, 3.8) is 0 Å². The highest BCUT2D eigenvalue weighted by atomic mass is 32.2. The number of hydrogen-bond acceptors (Lipinski definition) is 10. The molecule has 2 fully saturated rings. The molecule has 0 unspecified atom stereocenters. The molecule has 10 nitrogen and oxygen atoms in total. The SMILES string of the molecule is CCOCCCN1C(=O)C(=Cc2c(N3CCN(Cc4ccc5c(c4)OCO5)CC3)nc3c(C)cccn3c2=O)SC1=S. The second-order valence-electron chi connectivity index (χ2n) is 10.4. The zero-order valence-electron chi connectivity index (χ0n) is 23.7. The molecule has 3 aliphatic rings. The zero-order chi connectivity index (χ0) is 29.2. The van der Waals surface area contributed by atoms with Crippen LogP contribution in [0.15, 0.2) is 46.2 Å². The fraction of sp³-hybridized carbons (Fsp3) is 0.400. The predicted molar refractivity (Wildman–Crippen MR) is 167 cm³/mol. The van der Waals surface area contributed by atoms with Crippen LogP contribution in [0, 0.1) is 6.92 Å². The first-order chi connectivity index (χ1) is 20.4. The number of ether oxygens (including phenoxy) is 3. The number of carbonyl (C=O) groups is 1. The van der Waals surface area contributed by atoms with Crippen molar-refractivity contribution >= 4 is 51.7 Å². The molecule has 2 saturated heterocycles. The second kappa shape index (κ2) is 12.4. The predicted octanol–water partition coefficient (Wildman–Crippen LogP) is 3.68. The van der Waals surface area contributed by atoms with Gasteiger partial charge in [0, 0.05) is 58.7 Å². The van der Waals surface area contributed by atoms with E-state index in [1.807, 2.05) is 38.1 Å². The Morgan fingerprint density at radius 3 is 2.74 bits per heavy atom. The Balaban J connectivity index is 1.25. The average molecular weight is 608 g/mol. The van der Waals surface area contributed by atoms with Crippen LogP contribution in [0.1, 0.15) is 30.0 Å². The third-order valence-electron chi connectivity index (χ3n) is 7.60. The number of aryl methyl sites for hydroxylation is 1. The fourth-order valence-electron chi connectivity index (χ4n) is 5.38. The molecule has 1 amide bonds. The summed E-state index contributed by atoms with van der Waals surface area (Å²) in [5, 5.41) is 0. The maximum Gasteiger partial charge on any atom is 0.267 e. The van der Waals surface area contributed by atoms with Gasteiger partial charge in [-0.3, -0.25) is 23.8 Å². The van der Waals surface area contributed by atoms with Crippen LogP contribution < -0.4 is 19.9 Å². The number of piperazine rings is 1. The molecule has 3 aromatic rings. The highest BCUT2D eigenvalue weighted by Gasteiger charge is 2.33. The molecule has 0 radical (unpaired) electrons. The molecule has 12 heteroatoms. The van der Waals surface area contributed by atoms with Crippen LogP contribution in [0.5, 0.6) is 11.5 Å². The van der Waals surface area contributed by atoms with Crippen LogP contribution in [-0.4, -0.2) is 82.1 Å². The molecule has 0 saturated carbocycles. The Morgan fingerprint density at radius 2 is 1.93 bits per heavy atom. The Labute approximate surface area is 253 Å². The van der Waals surface area contributed by atoms with Crippen molar-refractivity contribution in [3.8, 4) is 11.5 Å². The second-order valence-corrected chi connectivity index (χ2v) is 12.0. The van der Waals surface area contributed by atoms with Crippen molar-refractivity contribution in [2.24, 2.45) is 0 Å². The molecule has 6 rings (SSSR count). The van der Waals surface area contributed by atoms with Gasteiger partial charge in [-0.1, -0.05) is 36.1 Å². The lowest BCUT2D eigenvalue weighted by molar-refractivity contribution is -0.122. The maximum absolute atomic E-state index is 13.9. The number of anilines is 1. The van der Waals surface area contributed by atoms with Gasteiger partial charge in [-0.05, 0) is 55.7 Å². The van der Waals surface area contributed by atoms with E-state index >= 15 is 0 Å². The first kappa shape index (κ1) is 28.7. The molecule has 220 valence electrons. The number of nitrogens with zero attached hydrogens (tertiary/aromatic N) is 5. The van der Waals surface area contributed by atoms with Gasteiger partial charge < -0.3 is 19.1 Å². The summed E-state index contributed by atoms with van der Waals surface area (Å²) < 4.78 is 18.4. The lowest BCUT2D eigenvalue weighted by Crippen LogP contribution is -2.47. The van der Waals surface area contributed by atoms with E-state index in [1.165, 1.54) is 11.8 Å². The molecule has 0 N–H and O–H groups in total. The van der Waals surface area contributed by atoms with Crippen LogP contribution >= 0.6 is 24.0 Å². The van der Waals surface area contributed by atoms with Crippen molar-refractivity contribution in [2.75, 3.05) is 57.6 Å². The monoisotopic (exact) mass is 607 g/mol. The molecular formula is C30H33N5O5S2. The number of thioether (sulfide) groups is 1. The average Bonchev–Trinajstić information content (AvgIpc) is 3.56. The number of rotatable bonds is 9. The number of amides is 1. The summed E-state index contributed by atoms with van der Waals surface area (Å²) in [4.78, 5) is 38.8. The van der Waals surface area contributed by atoms with Gasteiger partial charge in [0.25, 0.3) is 11.5 Å². The summed E-state index contributed by atoms with van der Waals surface area (Å²) in [6.07, 6.45) is 4.09. The molecule has 0 spiro atoms. The number of pyridine rings is 1. The van der Waals surface area contributed by atoms with E-state index in [0.29, 0.717) is 65.5 Å². The number of fused-ring (bicyclic) bond motifs is 2. The van der Waals surface area contributed by atoms with Gasteiger partial charge in [-0.2, -0.15) is 0 Å². The summed E-state index contributed by atoms with van der Waals surface area (Å²) in [5.41, 5.74) is 2.87. The van der Waals surface area contributed by atoms with Gasteiger partial charge in [-0.25, -0.2) is 4.98 Å². The fourth-order valence-corrected chi connectivity index (χ4v) is 6.67. The highest BCUT2D eigenvalue weighted by Crippen LogP contribution is 2.35. The minimum Gasteiger partial charge on any atom is -0.454 e. The lowest BCUT2D eigenvalue weighted by atomic mass is 10.1. The summed E-state index contributed by atoms with van der Waals surface area (Å²) >= 11 is 6.75. The van der Waals surface area contributed by atoms with Crippen molar-refractivity contribution in [3.05, 3.63) is 68.5 Å². The molecule has 0 atom stereocenters. The summed E-state index contributed by atoms with van der Waals surface area (Å²) in [5.74, 6) is 1.97. The van der Waals surface area contributed by atoms with Crippen LogP contribution in [0.25, 0.3) is 11.7 Å². The summed E-state index contributed by atoms with van der Waals surface area (Å²) in [7, 11) is 0. The number of hydrogen-bond donors (Lipinski definition) is 0. The van der Waals surface area contributed by atoms with Gasteiger partial charge in [0.1, 0.15) is 15.8 Å². The normalized spacial score (nSPS) is 18.2. The van der Waals surface area contributed by atoms with Gasteiger partial charge in [-0.15, -0.1) is 0 Å². The third-order valence-corrected chi connectivity index (χ3v) is 8.98. The number of benzene rings is 1. The van der Waals surface area contributed by atoms with E-state index in [-0.39, 0.29) is 18.3 Å². The van der Waals surface area contributed by atoms with Gasteiger partial charge in [0.05, 0.1) is 10.5 Å². The molecule has 0 bridgehead atoms. The Morgan fingerprint density at radius 1 is 1.12 bits per heavy atom. The van der Waals surface area contributed by atoms with E-state index in [0.717, 1.165) is 42.3 Å². The minimum atomic E-state index is -0.205. The highest BCUT2D eigenvalue weighted by molar-refractivity contribution is 8.26. The largest absolute Gasteiger partial charge is 0.454 e. The number of thiocarbonyl (C=S) groups is 1. The number of carbonyl (C=O) groups excluding carboxylic acids is 1. The van der Waals surface area contributed by atoms with Crippen molar-refractivity contribution < 1.29 is 19.0 Å². The first-order valence-corrected chi connectivity index (χ1v) is 15.4. The van der Waals surface area contributed by atoms with Crippen LogP contribution in [0.2, 0.25) is 0 Å². The first-order valence-electron chi connectivity index (χ1n) is 14.1. The van der Waals surface area contributed by atoms with E-state index in [4.69, 9.17) is 31.4 Å². The lowest BCUT2D eigenvalue weighted by Gasteiger charge is -2.36. The number of aromatic nitrogens is 2. The zero-order valence-corrected chi connectivity index (χ0v) is 25.3. The van der Waals surface area contributed by atoms with E-state index in [9.17, 15) is 9.59 Å². The summed E-state index contributed by atoms with van der Waals surface area (Å²) in [6, 6.07) is 9.84. The molecule has 2 aromatic heterocycles. The van der Waals surface area contributed by atoms with E-state index in [2.05, 4.69) is 15.9 Å². The van der Waals surface area contributed by atoms with Gasteiger partial charge in [0.15, 0.2) is 11.5 Å². The Kier molecular flexibility index (Phi) is 8.48. The van der Waals surface area contributed by atoms with Gasteiger partial charge >= 0.3 is 0 Å². The minimum absolute atomic E-state index is 0.185. The molecule has 42 heavy (non-hydrogen) atoms. The molecule has 5 heterocycles. The van der Waals surface area contributed by atoms with Crippen molar-refractivity contribution in [1.29, 1.82) is 0 Å². The topological polar surface area (TPSA) is 88.8 Å². The van der Waals surface area contributed by atoms with Crippen LogP contribution in [0.3, 0.4) is 0 Å². The van der Waals surface area contributed by atoms with Gasteiger partial charge in [0.2, 0.25) is 6.79 Å². The summed E-state index contributed by atoms with van der Waals surface area (Å²) in [6.45, 7) is 9.59. The van der Waals surface area contributed by atoms with E-state index in [1.54, 1.807) is 21.6 Å². The molecule has 0 aliphatic carbocycles. The van der Waals surface area contributed by atoms with Crippen molar-refractivity contribution in [1.82, 2.24) is 19.2 Å². The molecule has 1 aromatic carbocycles. The quantitative estimate of drug-likeness (QED) is 0.204. The van der Waals surface area contributed by atoms with Crippen molar-refractivity contribution in [2.45, 2.75) is 26.8 Å². The third kappa shape index (κ3) is 5.76. The van der Waals surface area contributed by atoms with Crippen LogP contribution in [0.4, 0.5) is 5.82 Å². The van der Waals surface area contributed by atoms with E-state index < -0.39 is 0 Å². The maximum atomic E-state index is 13.9.